The molecule has 1 fully saturated rings. The van der Waals surface area contributed by atoms with Crippen molar-refractivity contribution in [2.75, 3.05) is 29.5 Å². The van der Waals surface area contributed by atoms with E-state index in [1.165, 1.54) is 17.2 Å². The van der Waals surface area contributed by atoms with Gasteiger partial charge in [0.25, 0.3) is 0 Å². The molecule has 1 aromatic rings. The van der Waals surface area contributed by atoms with E-state index in [1.54, 1.807) is 0 Å². The third-order valence-corrected chi connectivity index (χ3v) is 4.07. The minimum absolute atomic E-state index is 0.373. The van der Waals surface area contributed by atoms with Crippen molar-refractivity contribution in [1.29, 1.82) is 0 Å². The average Bonchev–Trinajstić information content (AvgIpc) is 2.45. The van der Waals surface area contributed by atoms with E-state index in [4.69, 9.17) is 4.74 Å². The van der Waals surface area contributed by atoms with Crippen LogP contribution in [-0.4, -0.2) is 36.3 Å². The fourth-order valence-corrected chi connectivity index (χ4v) is 3.08. The summed E-state index contributed by atoms with van der Waals surface area (Å²) in [7, 11) is 0. The summed E-state index contributed by atoms with van der Waals surface area (Å²) in [6.45, 7) is 8.26. The van der Waals surface area contributed by atoms with E-state index in [0.29, 0.717) is 6.54 Å². The van der Waals surface area contributed by atoms with Crippen molar-refractivity contribution in [1.82, 2.24) is 5.32 Å². The number of rotatable bonds is 3. The van der Waals surface area contributed by atoms with E-state index in [-0.39, 0.29) is 6.09 Å². The van der Waals surface area contributed by atoms with Gasteiger partial charge in [0, 0.05) is 36.8 Å². The lowest BCUT2D eigenvalue weighted by molar-refractivity contribution is 0.0523. The number of carbonyl (C=O) groups excluding carboxylic acids is 1. The highest BCUT2D eigenvalue weighted by molar-refractivity contribution is 7.99. The maximum absolute atomic E-state index is 11.7. The molecule has 1 heterocycles. The number of nitrogens with one attached hydrogen (secondary N) is 1. The maximum atomic E-state index is 11.7. The number of benzene rings is 1. The molecule has 116 valence electrons. The van der Waals surface area contributed by atoms with Crippen LogP contribution in [0.15, 0.2) is 24.3 Å². The van der Waals surface area contributed by atoms with Crippen LogP contribution in [0.2, 0.25) is 0 Å². The second-order valence-electron chi connectivity index (χ2n) is 6.12. The highest BCUT2D eigenvalue weighted by Gasteiger charge is 2.16. The van der Waals surface area contributed by atoms with Crippen molar-refractivity contribution >= 4 is 23.5 Å². The quantitative estimate of drug-likeness (QED) is 0.930. The van der Waals surface area contributed by atoms with Crippen LogP contribution in [0.25, 0.3) is 0 Å². The molecule has 0 bridgehead atoms. The van der Waals surface area contributed by atoms with Crippen LogP contribution >= 0.6 is 11.8 Å². The fraction of sp³-hybridized carbons (Fsp3) is 0.562. The summed E-state index contributed by atoms with van der Waals surface area (Å²) in [5.41, 5.74) is 1.87. The van der Waals surface area contributed by atoms with E-state index in [1.807, 2.05) is 44.7 Å². The van der Waals surface area contributed by atoms with Crippen LogP contribution in [0.1, 0.15) is 26.3 Å². The third kappa shape index (κ3) is 5.50. The van der Waals surface area contributed by atoms with Crippen molar-refractivity contribution < 1.29 is 9.53 Å². The first kappa shape index (κ1) is 16.0. The minimum Gasteiger partial charge on any atom is -0.444 e. The monoisotopic (exact) mass is 308 g/mol. The average molecular weight is 308 g/mol. The van der Waals surface area contributed by atoms with Crippen molar-refractivity contribution in [3.8, 4) is 0 Å². The predicted octanol–water partition coefficient (Wildman–Crippen LogP) is 3.26. The standard InChI is InChI=1S/C16H24N2O2S/c1-16(2,3)20-15(19)17-12-13-5-4-6-14(11-13)18-7-9-21-10-8-18/h4-6,11H,7-10,12H2,1-3H3,(H,17,19). The number of hydrogen-bond acceptors (Lipinski definition) is 4. The Balaban J connectivity index is 1.90. The molecule has 1 aromatic carbocycles. The highest BCUT2D eigenvalue weighted by atomic mass is 32.2. The predicted molar refractivity (Wildman–Crippen MR) is 89.1 cm³/mol. The summed E-state index contributed by atoms with van der Waals surface area (Å²) < 4.78 is 5.24. The first-order chi connectivity index (χ1) is 9.94. The van der Waals surface area contributed by atoms with Gasteiger partial charge in [-0.2, -0.15) is 11.8 Å². The number of amides is 1. The molecule has 4 nitrogen and oxygen atoms in total. The first-order valence-corrected chi connectivity index (χ1v) is 8.48. The molecule has 1 aliphatic heterocycles. The Morgan fingerprint density at radius 1 is 1.33 bits per heavy atom. The van der Waals surface area contributed by atoms with Crippen LogP contribution in [-0.2, 0) is 11.3 Å². The Kier molecular flexibility index (Phi) is 5.39. The second-order valence-corrected chi connectivity index (χ2v) is 7.35. The normalized spacial score (nSPS) is 15.7. The molecule has 1 aliphatic rings. The Labute approximate surface area is 131 Å². The first-order valence-electron chi connectivity index (χ1n) is 7.32. The molecule has 0 radical (unpaired) electrons. The van der Waals surface area contributed by atoms with Crippen LogP contribution in [0, 0.1) is 0 Å². The van der Waals surface area contributed by atoms with E-state index >= 15 is 0 Å². The van der Waals surface area contributed by atoms with Gasteiger partial charge in [-0.25, -0.2) is 4.79 Å². The van der Waals surface area contributed by atoms with Gasteiger partial charge in [-0.1, -0.05) is 12.1 Å². The topological polar surface area (TPSA) is 41.6 Å². The zero-order valence-corrected chi connectivity index (χ0v) is 13.8. The smallest absolute Gasteiger partial charge is 0.407 e. The summed E-state index contributed by atoms with van der Waals surface area (Å²) in [6.07, 6.45) is -0.373. The molecule has 1 saturated heterocycles. The van der Waals surface area contributed by atoms with Gasteiger partial charge in [0.15, 0.2) is 0 Å². The molecule has 21 heavy (non-hydrogen) atoms. The molecular formula is C16H24N2O2S. The third-order valence-electron chi connectivity index (χ3n) is 3.12. The van der Waals surface area contributed by atoms with Crippen LogP contribution in [0.3, 0.4) is 0 Å². The number of alkyl carbamates (subject to hydrolysis) is 1. The highest BCUT2D eigenvalue weighted by Crippen LogP contribution is 2.20. The van der Waals surface area contributed by atoms with Gasteiger partial charge in [-0.3, -0.25) is 0 Å². The molecule has 1 N–H and O–H groups in total. The summed E-state index contributed by atoms with van der Waals surface area (Å²) >= 11 is 2.00. The number of thioether (sulfide) groups is 1. The van der Waals surface area contributed by atoms with Crippen molar-refractivity contribution in [3.63, 3.8) is 0 Å². The van der Waals surface area contributed by atoms with Gasteiger partial charge in [0.05, 0.1) is 0 Å². The molecule has 2 rings (SSSR count). The van der Waals surface area contributed by atoms with E-state index in [0.717, 1.165) is 18.7 Å². The van der Waals surface area contributed by atoms with Crippen LogP contribution in [0.4, 0.5) is 10.5 Å². The SMILES string of the molecule is CC(C)(C)OC(=O)NCc1cccc(N2CCSCC2)c1. The molecule has 0 aromatic heterocycles. The van der Waals surface area contributed by atoms with Crippen LogP contribution in [0.5, 0.6) is 0 Å². The Morgan fingerprint density at radius 3 is 2.71 bits per heavy atom. The van der Waals surface area contributed by atoms with Crippen molar-refractivity contribution in [2.24, 2.45) is 0 Å². The Morgan fingerprint density at radius 2 is 2.05 bits per heavy atom. The van der Waals surface area contributed by atoms with Gasteiger partial charge >= 0.3 is 6.09 Å². The fourth-order valence-electron chi connectivity index (χ4n) is 2.17. The Bertz CT molecular complexity index is 479. The minimum atomic E-state index is -0.461. The Hall–Kier alpha value is -1.36. The number of carbonyl (C=O) groups is 1. The van der Waals surface area contributed by atoms with Gasteiger partial charge in [-0.05, 0) is 38.5 Å². The number of anilines is 1. The van der Waals surface area contributed by atoms with Crippen molar-refractivity contribution in [3.05, 3.63) is 29.8 Å². The zero-order chi connectivity index (χ0) is 15.3. The molecule has 0 aliphatic carbocycles. The van der Waals surface area contributed by atoms with E-state index < -0.39 is 5.60 Å². The molecule has 1 amide bonds. The number of nitrogens with zero attached hydrogens (tertiary/aromatic N) is 1. The van der Waals surface area contributed by atoms with Gasteiger partial charge < -0.3 is 15.0 Å². The van der Waals surface area contributed by atoms with Crippen LogP contribution < -0.4 is 10.2 Å². The lowest BCUT2D eigenvalue weighted by Crippen LogP contribution is -2.33. The van der Waals surface area contributed by atoms with E-state index in [2.05, 4.69) is 22.3 Å². The lowest BCUT2D eigenvalue weighted by Gasteiger charge is -2.28. The number of ether oxygens (including phenoxy) is 1. The van der Waals surface area contributed by atoms with E-state index in [9.17, 15) is 4.79 Å². The molecule has 5 heteroatoms. The number of hydrogen-bond donors (Lipinski definition) is 1. The van der Waals surface area contributed by atoms with Gasteiger partial charge in [-0.15, -0.1) is 0 Å². The molecule has 0 unspecified atom stereocenters. The molecule has 0 atom stereocenters. The maximum Gasteiger partial charge on any atom is 0.407 e. The lowest BCUT2D eigenvalue weighted by atomic mass is 10.2. The summed E-state index contributed by atoms with van der Waals surface area (Å²) in [5, 5.41) is 2.80. The summed E-state index contributed by atoms with van der Waals surface area (Å²) in [5.74, 6) is 2.36. The van der Waals surface area contributed by atoms with Gasteiger partial charge in [0.2, 0.25) is 0 Å². The second kappa shape index (κ2) is 7.07. The largest absolute Gasteiger partial charge is 0.444 e. The molecule has 0 saturated carbocycles. The van der Waals surface area contributed by atoms with Crippen molar-refractivity contribution in [2.45, 2.75) is 32.9 Å². The summed E-state index contributed by atoms with van der Waals surface area (Å²) in [4.78, 5) is 14.1. The van der Waals surface area contributed by atoms with Gasteiger partial charge in [0.1, 0.15) is 5.60 Å². The molecular weight excluding hydrogens is 284 g/mol. The molecule has 0 spiro atoms. The summed E-state index contributed by atoms with van der Waals surface area (Å²) in [6, 6.07) is 8.35. The zero-order valence-electron chi connectivity index (χ0n) is 13.0.